The lowest BCUT2D eigenvalue weighted by atomic mass is 10.0. The van der Waals surface area contributed by atoms with Crippen LogP contribution in [0, 0.1) is 12.7 Å². The molecule has 0 spiro atoms. The first-order valence-electron chi connectivity index (χ1n) is 11.9. The summed E-state index contributed by atoms with van der Waals surface area (Å²) < 4.78 is 19.3. The maximum absolute atomic E-state index is 13.9. The highest BCUT2D eigenvalue weighted by Gasteiger charge is 2.35. The predicted molar refractivity (Wildman–Crippen MR) is 138 cm³/mol. The summed E-state index contributed by atoms with van der Waals surface area (Å²) in [4.78, 5) is 37.4. The zero-order valence-electron chi connectivity index (χ0n) is 20.6. The van der Waals surface area contributed by atoms with Crippen LogP contribution in [-0.4, -0.2) is 33.3 Å². The van der Waals surface area contributed by atoms with Crippen LogP contribution in [0.4, 0.5) is 10.1 Å². The standard InChI is InChI=1S/C29H27FN4O3/c1-3-37-26-7-5-4-6-24(26)27(28(35)33-23-14-12-22(30)13-15-23)34(19-21-10-8-20(2)9-11-21)29(36)25-18-31-16-17-32-25/h4-18,27H,3,19H2,1-2H3,(H,33,35). The highest BCUT2D eigenvalue weighted by Crippen LogP contribution is 2.33. The van der Waals surface area contributed by atoms with Gasteiger partial charge in [0, 0.05) is 30.2 Å². The van der Waals surface area contributed by atoms with Crippen molar-refractivity contribution in [1.29, 1.82) is 0 Å². The summed E-state index contributed by atoms with van der Waals surface area (Å²) in [5.41, 5.74) is 2.91. The number of nitrogens with one attached hydrogen (secondary N) is 1. The molecule has 4 aromatic rings. The van der Waals surface area contributed by atoms with Gasteiger partial charge < -0.3 is 15.0 Å². The molecule has 1 aromatic heterocycles. The lowest BCUT2D eigenvalue weighted by Gasteiger charge is -2.32. The van der Waals surface area contributed by atoms with Crippen molar-refractivity contribution in [3.8, 4) is 5.75 Å². The molecule has 4 rings (SSSR count). The molecule has 1 unspecified atom stereocenters. The van der Waals surface area contributed by atoms with Gasteiger partial charge in [-0.2, -0.15) is 0 Å². The Labute approximate surface area is 215 Å². The molecule has 8 heteroatoms. The predicted octanol–water partition coefficient (Wildman–Crippen LogP) is 5.35. The number of anilines is 1. The molecular formula is C29H27FN4O3. The van der Waals surface area contributed by atoms with E-state index in [-0.39, 0.29) is 12.2 Å². The normalized spacial score (nSPS) is 11.4. The summed E-state index contributed by atoms with van der Waals surface area (Å²) in [5, 5.41) is 2.83. The average molecular weight is 499 g/mol. The van der Waals surface area contributed by atoms with Crippen molar-refractivity contribution < 1.29 is 18.7 Å². The van der Waals surface area contributed by atoms with Crippen LogP contribution in [-0.2, 0) is 11.3 Å². The Morgan fingerprint density at radius 1 is 1.00 bits per heavy atom. The fraction of sp³-hybridized carbons (Fsp3) is 0.172. The number of nitrogens with zero attached hydrogens (tertiary/aromatic N) is 3. The van der Waals surface area contributed by atoms with Crippen molar-refractivity contribution in [1.82, 2.24) is 14.9 Å². The fourth-order valence-corrected chi connectivity index (χ4v) is 3.92. The van der Waals surface area contributed by atoms with Crippen LogP contribution in [0.15, 0.2) is 91.4 Å². The maximum atomic E-state index is 13.9. The SMILES string of the molecule is CCOc1ccccc1C(C(=O)Nc1ccc(F)cc1)N(Cc1ccc(C)cc1)C(=O)c1cnccn1. The van der Waals surface area contributed by atoms with Gasteiger partial charge in [0.2, 0.25) is 0 Å². The zero-order chi connectivity index (χ0) is 26.2. The van der Waals surface area contributed by atoms with E-state index in [9.17, 15) is 14.0 Å². The molecule has 0 aliphatic carbocycles. The van der Waals surface area contributed by atoms with E-state index in [1.54, 1.807) is 24.3 Å². The molecule has 0 aliphatic rings. The lowest BCUT2D eigenvalue weighted by Crippen LogP contribution is -2.41. The second kappa shape index (κ2) is 11.9. The second-order valence-electron chi connectivity index (χ2n) is 8.38. The number of ether oxygens (including phenoxy) is 1. The van der Waals surface area contributed by atoms with Gasteiger partial charge in [0.1, 0.15) is 23.3 Å². The fourth-order valence-electron chi connectivity index (χ4n) is 3.92. The highest BCUT2D eigenvalue weighted by molar-refractivity contribution is 6.01. The van der Waals surface area contributed by atoms with Crippen LogP contribution in [0.3, 0.4) is 0 Å². The Morgan fingerprint density at radius 2 is 1.73 bits per heavy atom. The number of aryl methyl sites for hydroxylation is 1. The monoisotopic (exact) mass is 498 g/mol. The van der Waals surface area contributed by atoms with Gasteiger partial charge in [-0.1, -0.05) is 48.0 Å². The quantitative estimate of drug-likeness (QED) is 0.337. The third-order valence-electron chi connectivity index (χ3n) is 5.70. The lowest BCUT2D eigenvalue weighted by molar-refractivity contribution is -0.121. The largest absolute Gasteiger partial charge is 0.494 e. The minimum absolute atomic E-state index is 0.100. The molecule has 0 bridgehead atoms. The second-order valence-corrected chi connectivity index (χ2v) is 8.38. The summed E-state index contributed by atoms with van der Waals surface area (Å²) in [6.07, 6.45) is 4.27. The van der Waals surface area contributed by atoms with Crippen molar-refractivity contribution in [3.05, 3.63) is 120 Å². The molecule has 3 aromatic carbocycles. The van der Waals surface area contributed by atoms with Crippen molar-refractivity contribution in [3.63, 3.8) is 0 Å². The molecule has 2 amide bonds. The molecule has 188 valence electrons. The number of amides is 2. The average Bonchev–Trinajstić information content (AvgIpc) is 2.92. The van der Waals surface area contributed by atoms with Crippen LogP contribution >= 0.6 is 0 Å². The van der Waals surface area contributed by atoms with E-state index < -0.39 is 23.7 Å². The summed E-state index contributed by atoms with van der Waals surface area (Å²) >= 11 is 0. The van der Waals surface area contributed by atoms with Gasteiger partial charge in [-0.25, -0.2) is 9.37 Å². The van der Waals surface area contributed by atoms with Crippen molar-refractivity contribution >= 4 is 17.5 Å². The molecule has 0 fully saturated rings. The summed E-state index contributed by atoms with van der Waals surface area (Å²) in [6, 6.07) is 19.2. The van der Waals surface area contributed by atoms with Crippen LogP contribution in [0.5, 0.6) is 5.75 Å². The van der Waals surface area contributed by atoms with Gasteiger partial charge in [-0.15, -0.1) is 0 Å². The Bertz CT molecular complexity index is 1350. The summed E-state index contributed by atoms with van der Waals surface area (Å²) in [6.45, 7) is 4.32. The Hall–Kier alpha value is -4.59. The Balaban J connectivity index is 1.83. The van der Waals surface area contributed by atoms with Crippen molar-refractivity contribution in [2.75, 3.05) is 11.9 Å². The number of aromatic nitrogens is 2. The summed E-state index contributed by atoms with van der Waals surface area (Å²) in [7, 11) is 0. The number of halogens is 1. The number of benzene rings is 3. The van der Waals surface area contributed by atoms with Gasteiger partial charge in [0.05, 0.1) is 12.8 Å². The summed E-state index contributed by atoms with van der Waals surface area (Å²) in [5.74, 6) is -0.900. The molecule has 1 atom stereocenters. The van der Waals surface area contributed by atoms with Gasteiger partial charge in [0.15, 0.2) is 0 Å². The van der Waals surface area contributed by atoms with Gasteiger partial charge in [-0.05, 0) is 49.7 Å². The minimum Gasteiger partial charge on any atom is -0.494 e. The van der Waals surface area contributed by atoms with Gasteiger partial charge >= 0.3 is 0 Å². The third kappa shape index (κ3) is 6.35. The molecule has 1 N–H and O–H groups in total. The van der Waals surface area contributed by atoms with Crippen LogP contribution in [0.2, 0.25) is 0 Å². The van der Waals surface area contributed by atoms with Crippen LogP contribution in [0.25, 0.3) is 0 Å². The van der Waals surface area contributed by atoms with E-state index in [2.05, 4.69) is 15.3 Å². The number of hydrogen-bond donors (Lipinski definition) is 1. The first-order valence-corrected chi connectivity index (χ1v) is 11.9. The number of carbonyl (C=O) groups excluding carboxylic acids is 2. The van der Waals surface area contributed by atoms with Gasteiger partial charge in [-0.3, -0.25) is 14.6 Å². The van der Waals surface area contributed by atoms with Crippen molar-refractivity contribution in [2.24, 2.45) is 0 Å². The van der Waals surface area contributed by atoms with E-state index in [1.165, 1.54) is 47.8 Å². The third-order valence-corrected chi connectivity index (χ3v) is 5.70. The van der Waals surface area contributed by atoms with Crippen LogP contribution in [0.1, 0.15) is 40.1 Å². The van der Waals surface area contributed by atoms with Crippen molar-refractivity contribution in [2.45, 2.75) is 26.4 Å². The topological polar surface area (TPSA) is 84.4 Å². The zero-order valence-corrected chi connectivity index (χ0v) is 20.6. The van der Waals surface area contributed by atoms with E-state index in [1.807, 2.05) is 38.1 Å². The number of rotatable bonds is 9. The highest BCUT2D eigenvalue weighted by atomic mass is 19.1. The minimum atomic E-state index is -1.09. The smallest absolute Gasteiger partial charge is 0.275 e. The molecular weight excluding hydrogens is 471 g/mol. The van der Waals surface area contributed by atoms with E-state index in [0.29, 0.717) is 23.6 Å². The molecule has 7 nitrogen and oxygen atoms in total. The molecule has 0 saturated carbocycles. The van der Waals surface area contributed by atoms with E-state index in [4.69, 9.17) is 4.74 Å². The molecule has 37 heavy (non-hydrogen) atoms. The number of para-hydroxylation sites is 1. The Morgan fingerprint density at radius 3 is 2.41 bits per heavy atom. The van der Waals surface area contributed by atoms with E-state index in [0.717, 1.165) is 11.1 Å². The van der Waals surface area contributed by atoms with E-state index >= 15 is 0 Å². The molecule has 0 saturated heterocycles. The molecule has 0 radical (unpaired) electrons. The number of carbonyl (C=O) groups is 2. The first-order chi connectivity index (χ1) is 18.0. The maximum Gasteiger partial charge on any atom is 0.275 e. The molecule has 1 heterocycles. The molecule has 0 aliphatic heterocycles. The van der Waals surface area contributed by atoms with Crippen LogP contribution < -0.4 is 10.1 Å². The van der Waals surface area contributed by atoms with Gasteiger partial charge in [0.25, 0.3) is 11.8 Å². The first kappa shape index (κ1) is 25.5. The Kier molecular flexibility index (Phi) is 8.20. The number of hydrogen-bond acceptors (Lipinski definition) is 5.